The maximum absolute atomic E-state index is 13.5. The quantitative estimate of drug-likeness (QED) is 0.634. The summed E-state index contributed by atoms with van der Waals surface area (Å²) in [6.45, 7) is 5.94. The average Bonchev–Trinajstić information content (AvgIpc) is 3.23. The number of nitrogens with zero attached hydrogens (tertiary/aromatic N) is 3. The van der Waals surface area contributed by atoms with Gasteiger partial charge in [0.2, 0.25) is 0 Å². The molecule has 0 spiro atoms. The number of likely N-dealkylation sites (N-methyl/N-ethyl adjacent to an activating group) is 1. The van der Waals surface area contributed by atoms with Crippen LogP contribution in [-0.4, -0.2) is 79.6 Å². The highest BCUT2D eigenvalue weighted by atomic mass is 16.5. The third kappa shape index (κ3) is 5.18. The van der Waals surface area contributed by atoms with Crippen LogP contribution >= 0.6 is 0 Å². The summed E-state index contributed by atoms with van der Waals surface area (Å²) in [5, 5.41) is 3.02. The van der Waals surface area contributed by atoms with Gasteiger partial charge < -0.3 is 19.7 Å². The van der Waals surface area contributed by atoms with Crippen molar-refractivity contribution in [2.75, 3.05) is 53.0 Å². The van der Waals surface area contributed by atoms with Gasteiger partial charge in [0.1, 0.15) is 12.4 Å². The van der Waals surface area contributed by atoms with E-state index in [1.165, 1.54) is 0 Å². The van der Waals surface area contributed by atoms with Crippen LogP contribution in [0.3, 0.4) is 0 Å². The molecule has 2 aromatic rings. The van der Waals surface area contributed by atoms with Crippen LogP contribution in [0.25, 0.3) is 0 Å². The lowest BCUT2D eigenvalue weighted by Gasteiger charge is -2.31. The number of ether oxygens (including phenoxy) is 2. The highest BCUT2D eigenvalue weighted by Crippen LogP contribution is 2.36. The van der Waals surface area contributed by atoms with E-state index in [0.29, 0.717) is 31.0 Å². The van der Waals surface area contributed by atoms with E-state index in [-0.39, 0.29) is 11.9 Å². The molecule has 3 amide bonds. The molecule has 0 bridgehead atoms. The summed E-state index contributed by atoms with van der Waals surface area (Å²) < 4.78 is 11.4. The monoisotopic (exact) mass is 476 g/mol. The van der Waals surface area contributed by atoms with E-state index in [1.807, 2.05) is 59.5 Å². The molecular weight excluding hydrogens is 444 g/mol. The molecule has 1 fully saturated rings. The second-order valence-electron chi connectivity index (χ2n) is 9.18. The van der Waals surface area contributed by atoms with Gasteiger partial charge in [-0.1, -0.05) is 42.5 Å². The number of morpholine rings is 1. The molecule has 0 aliphatic carbocycles. The molecule has 0 aromatic heterocycles. The third-order valence-corrected chi connectivity index (χ3v) is 6.88. The smallest absolute Gasteiger partial charge is 0.322 e. The molecule has 3 aliphatic heterocycles. The Morgan fingerprint density at radius 1 is 1.03 bits per heavy atom. The van der Waals surface area contributed by atoms with Crippen LogP contribution in [0.5, 0.6) is 5.75 Å². The van der Waals surface area contributed by atoms with Crippen molar-refractivity contribution < 1.29 is 19.1 Å². The van der Waals surface area contributed by atoms with E-state index in [9.17, 15) is 9.59 Å². The van der Waals surface area contributed by atoms with Gasteiger partial charge in [-0.05, 0) is 29.7 Å². The minimum atomic E-state index is -0.495. The van der Waals surface area contributed by atoms with E-state index < -0.39 is 6.04 Å². The lowest BCUT2D eigenvalue weighted by Crippen LogP contribution is -2.45. The predicted octanol–water partition coefficient (Wildman–Crippen LogP) is 2.78. The number of benzene rings is 2. The predicted molar refractivity (Wildman–Crippen MR) is 132 cm³/mol. The zero-order valence-electron chi connectivity index (χ0n) is 20.1. The molecule has 2 aromatic carbocycles. The standard InChI is InChI=1S/C27H32N4O4/c1-29-23-18-31(12-6-11-30-13-15-34-16-14-30)26(32)24(23)25(28-27(29)33)21-9-5-10-22(17-21)35-19-20-7-3-2-4-8-20/h2-5,7-10,17,25H,6,11-16,18-19H2,1H3,(H,28,33). The molecule has 8 nitrogen and oxygen atoms in total. The topological polar surface area (TPSA) is 74.4 Å². The Balaban J connectivity index is 1.28. The van der Waals surface area contributed by atoms with Crippen molar-refractivity contribution in [1.82, 2.24) is 20.0 Å². The Morgan fingerprint density at radius 2 is 1.83 bits per heavy atom. The SMILES string of the molecule is CN1C(=O)NC(c2cccc(OCc3ccccc3)c2)C2=C1CN(CCCN1CCOCC1)C2=O. The Morgan fingerprint density at radius 3 is 2.63 bits per heavy atom. The summed E-state index contributed by atoms with van der Waals surface area (Å²) >= 11 is 0. The molecule has 0 radical (unpaired) electrons. The molecule has 5 rings (SSSR count). The number of amides is 3. The van der Waals surface area contributed by atoms with Gasteiger partial charge in [-0.3, -0.25) is 14.6 Å². The lowest BCUT2D eigenvalue weighted by atomic mass is 9.95. The summed E-state index contributed by atoms with van der Waals surface area (Å²) in [7, 11) is 1.73. The highest BCUT2D eigenvalue weighted by molar-refractivity contribution is 6.01. The fourth-order valence-corrected chi connectivity index (χ4v) is 4.89. The normalized spacial score (nSPS) is 20.8. The van der Waals surface area contributed by atoms with Crippen molar-refractivity contribution in [3.63, 3.8) is 0 Å². The van der Waals surface area contributed by atoms with Gasteiger partial charge in [-0.15, -0.1) is 0 Å². The molecule has 3 aliphatic rings. The Labute approximate surface area is 206 Å². The summed E-state index contributed by atoms with van der Waals surface area (Å²) in [6.07, 6.45) is 0.894. The minimum Gasteiger partial charge on any atom is -0.489 e. The van der Waals surface area contributed by atoms with Gasteiger partial charge >= 0.3 is 6.03 Å². The van der Waals surface area contributed by atoms with E-state index in [1.54, 1.807) is 11.9 Å². The number of rotatable bonds is 8. The molecule has 35 heavy (non-hydrogen) atoms. The van der Waals surface area contributed by atoms with Gasteiger partial charge in [0.25, 0.3) is 5.91 Å². The van der Waals surface area contributed by atoms with Crippen LogP contribution < -0.4 is 10.1 Å². The second-order valence-corrected chi connectivity index (χ2v) is 9.18. The van der Waals surface area contributed by atoms with Gasteiger partial charge in [0.05, 0.1) is 37.1 Å². The summed E-state index contributed by atoms with van der Waals surface area (Å²) in [5.74, 6) is 0.698. The zero-order chi connectivity index (χ0) is 24.2. The number of nitrogens with one attached hydrogen (secondary N) is 1. The maximum atomic E-state index is 13.5. The van der Waals surface area contributed by atoms with E-state index in [2.05, 4.69) is 10.2 Å². The third-order valence-electron chi connectivity index (χ3n) is 6.88. The van der Waals surface area contributed by atoms with Crippen LogP contribution in [0.15, 0.2) is 65.9 Å². The minimum absolute atomic E-state index is 0.00515. The molecule has 8 heteroatoms. The van der Waals surface area contributed by atoms with Crippen LogP contribution in [0.2, 0.25) is 0 Å². The van der Waals surface area contributed by atoms with Crippen molar-refractivity contribution in [3.8, 4) is 5.75 Å². The second kappa shape index (κ2) is 10.5. The molecule has 1 N–H and O–H groups in total. The Hall–Kier alpha value is -3.36. The van der Waals surface area contributed by atoms with Crippen LogP contribution in [0.1, 0.15) is 23.6 Å². The van der Waals surface area contributed by atoms with E-state index in [0.717, 1.165) is 56.1 Å². The molecule has 184 valence electrons. The molecule has 1 saturated heterocycles. The zero-order valence-corrected chi connectivity index (χ0v) is 20.1. The molecule has 1 unspecified atom stereocenters. The average molecular weight is 477 g/mol. The van der Waals surface area contributed by atoms with Crippen molar-refractivity contribution in [1.29, 1.82) is 0 Å². The van der Waals surface area contributed by atoms with E-state index in [4.69, 9.17) is 9.47 Å². The van der Waals surface area contributed by atoms with Crippen molar-refractivity contribution in [3.05, 3.63) is 77.0 Å². The number of hydrogen-bond donors (Lipinski definition) is 1. The van der Waals surface area contributed by atoms with Crippen LogP contribution in [-0.2, 0) is 16.1 Å². The first-order valence-corrected chi connectivity index (χ1v) is 12.2. The van der Waals surface area contributed by atoms with E-state index >= 15 is 0 Å². The van der Waals surface area contributed by atoms with Crippen LogP contribution in [0.4, 0.5) is 4.79 Å². The fraction of sp³-hybridized carbons (Fsp3) is 0.407. The molecular formula is C27H32N4O4. The maximum Gasteiger partial charge on any atom is 0.322 e. The number of carbonyl (C=O) groups is 2. The van der Waals surface area contributed by atoms with Gasteiger partial charge in [-0.2, -0.15) is 0 Å². The first kappa shape index (κ1) is 23.4. The first-order chi connectivity index (χ1) is 17.1. The van der Waals surface area contributed by atoms with Crippen LogP contribution in [0, 0.1) is 0 Å². The first-order valence-electron chi connectivity index (χ1n) is 12.2. The van der Waals surface area contributed by atoms with Gasteiger partial charge in [-0.25, -0.2) is 4.79 Å². The Bertz CT molecular complexity index is 1100. The number of hydrogen-bond acceptors (Lipinski definition) is 5. The molecule has 3 heterocycles. The summed E-state index contributed by atoms with van der Waals surface area (Å²) in [6, 6.07) is 16.9. The van der Waals surface area contributed by atoms with Gasteiger partial charge in [0, 0.05) is 33.2 Å². The summed E-state index contributed by atoms with van der Waals surface area (Å²) in [4.78, 5) is 32.0. The molecule has 0 saturated carbocycles. The van der Waals surface area contributed by atoms with Crippen molar-refractivity contribution in [2.24, 2.45) is 0 Å². The van der Waals surface area contributed by atoms with Crippen molar-refractivity contribution >= 4 is 11.9 Å². The lowest BCUT2D eigenvalue weighted by molar-refractivity contribution is -0.125. The largest absolute Gasteiger partial charge is 0.489 e. The summed E-state index contributed by atoms with van der Waals surface area (Å²) in [5.41, 5.74) is 3.35. The fourth-order valence-electron chi connectivity index (χ4n) is 4.89. The Kier molecular flexibility index (Phi) is 7.01. The molecule has 1 atom stereocenters. The van der Waals surface area contributed by atoms with Gasteiger partial charge in [0.15, 0.2) is 0 Å². The highest BCUT2D eigenvalue weighted by Gasteiger charge is 2.42. The van der Waals surface area contributed by atoms with Crippen molar-refractivity contribution in [2.45, 2.75) is 19.1 Å². The number of carbonyl (C=O) groups excluding carboxylic acids is 2. The number of urea groups is 1.